The monoisotopic (exact) mass is 304 g/mol. The zero-order chi connectivity index (χ0) is 15.3. The maximum atomic E-state index is 12.3. The number of hydrogen-bond donors (Lipinski definition) is 2. The summed E-state index contributed by atoms with van der Waals surface area (Å²) in [5, 5.41) is 0. The normalized spacial score (nSPS) is 13.0. The van der Waals surface area contributed by atoms with Gasteiger partial charge in [-0.25, -0.2) is 13.1 Å². The Morgan fingerprint density at radius 3 is 2.24 bits per heavy atom. The summed E-state index contributed by atoms with van der Waals surface area (Å²) in [4.78, 5) is 0.269. The molecule has 2 aromatic carbocycles. The Hall–Kier alpha value is -1.69. The van der Waals surface area contributed by atoms with Crippen molar-refractivity contribution in [1.29, 1.82) is 0 Å². The van der Waals surface area contributed by atoms with E-state index in [1.165, 1.54) is 0 Å². The minimum atomic E-state index is -3.52. The zero-order valence-corrected chi connectivity index (χ0v) is 12.8. The van der Waals surface area contributed by atoms with Crippen LogP contribution in [-0.2, 0) is 16.4 Å². The number of nitrogens with two attached hydrogens (primary N) is 1. The summed E-state index contributed by atoms with van der Waals surface area (Å²) in [6, 6.07) is 16.0. The average molecular weight is 304 g/mol. The lowest BCUT2D eigenvalue weighted by Crippen LogP contribution is -2.26. The number of rotatable bonds is 6. The van der Waals surface area contributed by atoms with Crippen LogP contribution < -0.4 is 10.5 Å². The first-order chi connectivity index (χ1) is 10.0. The Balaban J connectivity index is 2.14. The van der Waals surface area contributed by atoms with Crippen LogP contribution in [-0.4, -0.2) is 15.0 Å². The number of nitrogens with one attached hydrogen (secondary N) is 1. The van der Waals surface area contributed by atoms with Crippen LogP contribution in [0.1, 0.15) is 24.1 Å². The van der Waals surface area contributed by atoms with Crippen LogP contribution in [0, 0.1) is 0 Å². The van der Waals surface area contributed by atoms with Crippen LogP contribution in [0.3, 0.4) is 0 Å². The minimum absolute atomic E-state index is 0.269. The van der Waals surface area contributed by atoms with E-state index in [1.807, 2.05) is 37.3 Å². The topological polar surface area (TPSA) is 72.2 Å². The molecular weight excluding hydrogens is 284 g/mol. The predicted octanol–water partition coefficient (Wildman–Crippen LogP) is 2.23. The highest BCUT2D eigenvalue weighted by Crippen LogP contribution is 2.17. The van der Waals surface area contributed by atoms with Crippen molar-refractivity contribution in [2.24, 2.45) is 5.73 Å². The maximum absolute atomic E-state index is 12.3. The molecule has 0 heterocycles. The third kappa shape index (κ3) is 4.14. The predicted molar refractivity (Wildman–Crippen MR) is 84.4 cm³/mol. The summed E-state index contributed by atoms with van der Waals surface area (Å²) < 4.78 is 27.4. The summed E-state index contributed by atoms with van der Waals surface area (Å²) in [7, 11) is -3.52. The molecule has 2 aromatic rings. The molecule has 112 valence electrons. The third-order valence-corrected chi connectivity index (χ3v) is 4.85. The highest BCUT2D eigenvalue weighted by atomic mass is 32.2. The van der Waals surface area contributed by atoms with Gasteiger partial charge in [0.15, 0.2) is 0 Å². The van der Waals surface area contributed by atoms with Gasteiger partial charge in [-0.1, -0.05) is 42.5 Å². The average Bonchev–Trinajstić information content (AvgIpc) is 2.48. The molecule has 3 N–H and O–H groups in total. The van der Waals surface area contributed by atoms with Crippen LogP contribution in [0.15, 0.2) is 59.5 Å². The van der Waals surface area contributed by atoms with Crippen molar-refractivity contribution in [3.63, 3.8) is 0 Å². The van der Waals surface area contributed by atoms with Gasteiger partial charge in [-0.05, 0) is 43.1 Å². The molecule has 1 atom stereocenters. The van der Waals surface area contributed by atoms with Gasteiger partial charge in [0.1, 0.15) is 0 Å². The second kappa shape index (κ2) is 6.85. The first kappa shape index (κ1) is 15.7. The molecule has 0 amide bonds. The lowest BCUT2D eigenvalue weighted by Gasteiger charge is -2.14. The van der Waals surface area contributed by atoms with Crippen molar-refractivity contribution in [2.45, 2.75) is 24.3 Å². The Morgan fingerprint density at radius 1 is 1.05 bits per heavy atom. The Labute approximate surface area is 126 Å². The highest BCUT2D eigenvalue weighted by molar-refractivity contribution is 7.89. The van der Waals surface area contributed by atoms with Gasteiger partial charge in [-0.3, -0.25) is 0 Å². The van der Waals surface area contributed by atoms with Gasteiger partial charge >= 0.3 is 0 Å². The smallest absolute Gasteiger partial charge is 0.241 e. The van der Waals surface area contributed by atoms with Crippen molar-refractivity contribution in [3.05, 3.63) is 65.7 Å². The van der Waals surface area contributed by atoms with Crippen molar-refractivity contribution >= 4 is 10.0 Å². The quantitative estimate of drug-likeness (QED) is 0.859. The summed E-state index contributed by atoms with van der Waals surface area (Å²) in [6.45, 7) is 2.38. The molecule has 0 aliphatic rings. The second-order valence-corrected chi connectivity index (χ2v) is 6.65. The standard InChI is InChI=1S/C16H20N2O2S/c1-13(15-5-3-2-4-6-15)18-21(19,20)16-9-7-14(8-10-16)11-12-17/h2-10,13,18H,11-12,17H2,1H3. The van der Waals surface area contributed by atoms with Gasteiger partial charge < -0.3 is 5.73 Å². The van der Waals surface area contributed by atoms with E-state index < -0.39 is 10.0 Å². The van der Waals surface area contributed by atoms with E-state index in [2.05, 4.69) is 4.72 Å². The van der Waals surface area contributed by atoms with E-state index in [1.54, 1.807) is 24.3 Å². The molecule has 2 rings (SSSR count). The van der Waals surface area contributed by atoms with Gasteiger partial charge in [0.2, 0.25) is 10.0 Å². The fraction of sp³-hybridized carbons (Fsp3) is 0.250. The summed E-state index contributed by atoms with van der Waals surface area (Å²) in [5.74, 6) is 0. The number of benzene rings is 2. The van der Waals surface area contributed by atoms with Gasteiger partial charge in [-0.15, -0.1) is 0 Å². The van der Waals surface area contributed by atoms with Crippen molar-refractivity contribution in [2.75, 3.05) is 6.54 Å². The Kier molecular flexibility index (Phi) is 5.12. The number of hydrogen-bond acceptors (Lipinski definition) is 3. The number of sulfonamides is 1. The van der Waals surface area contributed by atoms with Crippen LogP contribution >= 0.6 is 0 Å². The fourth-order valence-electron chi connectivity index (χ4n) is 2.11. The van der Waals surface area contributed by atoms with Gasteiger partial charge in [0, 0.05) is 6.04 Å². The second-order valence-electron chi connectivity index (χ2n) is 4.94. The fourth-order valence-corrected chi connectivity index (χ4v) is 3.34. The van der Waals surface area contributed by atoms with Crippen molar-refractivity contribution in [3.8, 4) is 0 Å². The van der Waals surface area contributed by atoms with Crippen LogP contribution in [0.25, 0.3) is 0 Å². The first-order valence-electron chi connectivity index (χ1n) is 6.89. The molecular formula is C16H20N2O2S. The van der Waals surface area contributed by atoms with E-state index in [-0.39, 0.29) is 10.9 Å². The largest absolute Gasteiger partial charge is 0.330 e. The van der Waals surface area contributed by atoms with Gasteiger partial charge in [0.05, 0.1) is 4.90 Å². The molecule has 5 heteroatoms. The molecule has 0 saturated heterocycles. The molecule has 0 aliphatic carbocycles. The molecule has 1 unspecified atom stereocenters. The molecule has 0 radical (unpaired) electrons. The van der Waals surface area contributed by atoms with Gasteiger partial charge in [-0.2, -0.15) is 0 Å². The third-order valence-electron chi connectivity index (χ3n) is 3.30. The summed E-state index contributed by atoms with van der Waals surface area (Å²) in [6.07, 6.45) is 0.744. The lowest BCUT2D eigenvalue weighted by molar-refractivity contribution is 0.567. The minimum Gasteiger partial charge on any atom is -0.330 e. The Bertz CT molecular complexity index is 667. The molecule has 0 saturated carbocycles. The molecule has 0 bridgehead atoms. The summed E-state index contributed by atoms with van der Waals surface area (Å²) >= 11 is 0. The molecule has 4 nitrogen and oxygen atoms in total. The van der Waals surface area contributed by atoms with E-state index in [0.29, 0.717) is 6.54 Å². The lowest BCUT2D eigenvalue weighted by atomic mass is 10.1. The summed E-state index contributed by atoms with van der Waals surface area (Å²) in [5.41, 5.74) is 7.45. The molecule has 0 aromatic heterocycles. The Morgan fingerprint density at radius 2 is 1.67 bits per heavy atom. The first-order valence-corrected chi connectivity index (χ1v) is 8.37. The van der Waals surface area contributed by atoms with E-state index in [0.717, 1.165) is 17.5 Å². The SMILES string of the molecule is CC(NS(=O)(=O)c1ccc(CCN)cc1)c1ccccc1. The zero-order valence-electron chi connectivity index (χ0n) is 12.0. The maximum Gasteiger partial charge on any atom is 0.241 e. The van der Waals surface area contributed by atoms with Gasteiger partial charge in [0.25, 0.3) is 0 Å². The van der Waals surface area contributed by atoms with Crippen LogP contribution in [0.5, 0.6) is 0 Å². The molecule has 21 heavy (non-hydrogen) atoms. The van der Waals surface area contributed by atoms with Crippen molar-refractivity contribution in [1.82, 2.24) is 4.72 Å². The van der Waals surface area contributed by atoms with E-state index in [9.17, 15) is 8.42 Å². The molecule has 0 spiro atoms. The molecule has 0 fully saturated rings. The van der Waals surface area contributed by atoms with Crippen LogP contribution in [0.2, 0.25) is 0 Å². The van der Waals surface area contributed by atoms with E-state index >= 15 is 0 Å². The van der Waals surface area contributed by atoms with E-state index in [4.69, 9.17) is 5.73 Å². The van der Waals surface area contributed by atoms with Crippen molar-refractivity contribution < 1.29 is 8.42 Å². The highest BCUT2D eigenvalue weighted by Gasteiger charge is 2.18. The van der Waals surface area contributed by atoms with Crippen LogP contribution in [0.4, 0.5) is 0 Å². The molecule has 0 aliphatic heterocycles.